The van der Waals surface area contributed by atoms with E-state index >= 15 is 0 Å². The monoisotopic (exact) mass is 671 g/mol. The van der Waals surface area contributed by atoms with Crippen molar-refractivity contribution in [1.82, 2.24) is 14.5 Å². The summed E-state index contributed by atoms with van der Waals surface area (Å²) in [5, 5.41) is 12.2. The third-order valence-corrected chi connectivity index (χ3v) is 7.80. The van der Waals surface area contributed by atoms with Crippen molar-refractivity contribution in [2.45, 2.75) is 45.1 Å². The summed E-state index contributed by atoms with van der Waals surface area (Å²) in [7, 11) is 1.37. The molecule has 0 aliphatic heterocycles. The maximum atomic E-state index is 15.0. The molecule has 4 aromatic rings. The van der Waals surface area contributed by atoms with Crippen LogP contribution in [0.25, 0.3) is 11.1 Å². The summed E-state index contributed by atoms with van der Waals surface area (Å²) in [5.74, 6) is -1.94. The molecule has 1 heterocycles. The number of carboxylic acid groups (broad SMARTS) is 1. The van der Waals surface area contributed by atoms with E-state index in [2.05, 4.69) is 5.32 Å². The van der Waals surface area contributed by atoms with E-state index < -0.39 is 52.9 Å². The van der Waals surface area contributed by atoms with Gasteiger partial charge in [-0.25, -0.2) is 9.18 Å². The van der Waals surface area contributed by atoms with Gasteiger partial charge in [0.1, 0.15) is 11.6 Å². The normalized spacial score (nSPS) is 12.0. The average molecular weight is 672 g/mol. The van der Waals surface area contributed by atoms with Gasteiger partial charge in [0.15, 0.2) is 0 Å². The molecule has 0 radical (unpaired) electrons. The largest absolute Gasteiger partial charge is 1.00 e. The molecule has 0 amide bonds. The van der Waals surface area contributed by atoms with Gasteiger partial charge in [-0.05, 0) is 43.7 Å². The Hall–Kier alpha value is -3.42. The van der Waals surface area contributed by atoms with Gasteiger partial charge in [0.2, 0.25) is 0 Å². The second-order valence-electron chi connectivity index (χ2n) is 10.2. The molecule has 2 N–H and O–H groups in total. The van der Waals surface area contributed by atoms with Crippen LogP contribution in [0.2, 0.25) is 5.02 Å². The van der Waals surface area contributed by atoms with E-state index in [0.717, 1.165) is 27.3 Å². The van der Waals surface area contributed by atoms with Gasteiger partial charge in [0, 0.05) is 23.2 Å². The predicted octanol–water partition coefficient (Wildman–Crippen LogP) is 3.17. The van der Waals surface area contributed by atoms with Crippen molar-refractivity contribution in [2.24, 2.45) is 0 Å². The van der Waals surface area contributed by atoms with Crippen molar-refractivity contribution < 1.29 is 63.2 Å². The summed E-state index contributed by atoms with van der Waals surface area (Å²) in [6, 6.07) is 15.2. The molecule has 1 atom stereocenters. The first-order valence-electron chi connectivity index (χ1n) is 13.9. The van der Waals surface area contributed by atoms with Crippen LogP contribution in [0.1, 0.15) is 42.7 Å². The van der Waals surface area contributed by atoms with Gasteiger partial charge in [0.25, 0.3) is 5.56 Å². The van der Waals surface area contributed by atoms with Gasteiger partial charge in [-0.1, -0.05) is 60.1 Å². The number of halogens is 5. The Labute approximate surface area is 290 Å². The molecule has 0 saturated carbocycles. The molecule has 0 fully saturated rings. The van der Waals surface area contributed by atoms with E-state index in [1.807, 2.05) is 0 Å². The molecule has 0 aliphatic carbocycles. The third kappa shape index (κ3) is 8.29. The Bertz CT molecular complexity index is 1820. The summed E-state index contributed by atoms with van der Waals surface area (Å²) in [4.78, 5) is 39.2. The molecule has 8 nitrogen and oxygen atoms in total. The number of alkyl halides is 3. The molecule has 240 valence electrons. The number of aromatic nitrogens is 2. The van der Waals surface area contributed by atoms with Crippen LogP contribution >= 0.6 is 11.6 Å². The number of aliphatic carboxylic acids is 1. The van der Waals surface area contributed by atoms with Crippen LogP contribution in [0.4, 0.5) is 17.6 Å². The van der Waals surface area contributed by atoms with Crippen LogP contribution in [0.5, 0.6) is 5.75 Å². The van der Waals surface area contributed by atoms with E-state index in [4.69, 9.17) is 21.4 Å². The Morgan fingerprint density at radius 2 is 1.72 bits per heavy atom. The smallest absolute Gasteiger partial charge is 1.00 e. The molecule has 0 unspecified atom stereocenters. The minimum Gasteiger partial charge on any atom is -1.00 e. The summed E-state index contributed by atoms with van der Waals surface area (Å²) >= 11 is 6.58. The molecule has 0 saturated heterocycles. The van der Waals surface area contributed by atoms with Gasteiger partial charge < -0.3 is 16.6 Å². The number of ether oxygens (including phenoxy) is 1. The standard InChI is InChI=1S/C32H30ClF4N3O5.Na.H/c1-19-28(21-11-6-14-26(45-2)29(21)33)30(43)40(18-25(20-9-4-3-5-10-20)38-16-8-15-27(41)42)31(44)39(19)17-22-23(32(35,36)37)12-7-13-24(22)34;;/h3-7,9-14,25,38H,8,15-18H2,1-2H3,(H,41,42);;/q;+1;-1/t25-;;/m0../s1. The van der Waals surface area contributed by atoms with Gasteiger partial charge in [-0.2, -0.15) is 13.2 Å². The Morgan fingerprint density at radius 3 is 2.35 bits per heavy atom. The van der Waals surface area contributed by atoms with Crippen molar-refractivity contribution in [2.75, 3.05) is 13.7 Å². The zero-order valence-corrected chi connectivity index (χ0v) is 28.1. The number of carboxylic acids is 1. The van der Waals surface area contributed by atoms with Gasteiger partial charge in [0.05, 0.1) is 42.4 Å². The van der Waals surface area contributed by atoms with E-state index in [0.29, 0.717) is 5.56 Å². The van der Waals surface area contributed by atoms with E-state index in [1.54, 1.807) is 42.5 Å². The van der Waals surface area contributed by atoms with E-state index in [-0.39, 0.29) is 84.5 Å². The quantitative estimate of drug-likeness (QED) is 0.136. The Morgan fingerprint density at radius 1 is 1.04 bits per heavy atom. The average Bonchev–Trinajstić information content (AvgIpc) is 2.99. The van der Waals surface area contributed by atoms with Crippen molar-refractivity contribution >= 4 is 17.6 Å². The van der Waals surface area contributed by atoms with E-state index in [9.17, 15) is 31.9 Å². The number of nitrogens with zero attached hydrogens (tertiary/aromatic N) is 2. The topological polar surface area (TPSA) is 103 Å². The molecule has 0 aliphatic rings. The van der Waals surface area contributed by atoms with Crippen molar-refractivity contribution in [3.63, 3.8) is 0 Å². The minimum atomic E-state index is -4.92. The van der Waals surface area contributed by atoms with Crippen molar-refractivity contribution in [3.05, 3.63) is 121 Å². The summed E-state index contributed by atoms with van der Waals surface area (Å²) in [5.41, 5.74) is -3.05. The van der Waals surface area contributed by atoms with Crippen LogP contribution in [0.3, 0.4) is 0 Å². The van der Waals surface area contributed by atoms with Crippen molar-refractivity contribution in [3.8, 4) is 16.9 Å². The van der Waals surface area contributed by atoms with Gasteiger partial charge >= 0.3 is 47.4 Å². The second kappa shape index (κ2) is 15.9. The van der Waals surface area contributed by atoms with Crippen LogP contribution < -0.4 is 50.9 Å². The first-order valence-corrected chi connectivity index (χ1v) is 14.2. The van der Waals surface area contributed by atoms with Crippen molar-refractivity contribution in [1.29, 1.82) is 0 Å². The number of hydrogen-bond donors (Lipinski definition) is 2. The summed E-state index contributed by atoms with van der Waals surface area (Å²) < 4.78 is 63.9. The predicted molar refractivity (Wildman–Crippen MR) is 162 cm³/mol. The maximum absolute atomic E-state index is 15.0. The molecule has 3 aromatic carbocycles. The van der Waals surface area contributed by atoms with Gasteiger partial charge in [-0.3, -0.25) is 18.7 Å². The molecule has 1 aromatic heterocycles. The zero-order chi connectivity index (χ0) is 32.9. The minimum absolute atomic E-state index is 0. The maximum Gasteiger partial charge on any atom is 1.00 e. The Balaban J connectivity index is 0.00000384. The molecular formula is C32H31ClF4N3NaO5. The molecular weight excluding hydrogens is 641 g/mol. The second-order valence-corrected chi connectivity index (χ2v) is 10.6. The van der Waals surface area contributed by atoms with Crippen LogP contribution in [0, 0.1) is 12.7 Å². The fraction of sp³-hybridized carbons (Fsp3) is 0.281. The fourth-order valence-electron chi connectivity index (χ4n) is 5.13. The fourth-order valence-corrected chi connectivity index (χ4v) is 5.43. The summed E-state index contributed by atoms with van der Waals surface area (Å²) in [6.45, 7) is 0.487. The molecule has 14 heteroatoms. The molecule has 46 heavy (non-hydrogen) atoms. The number of rotatable bonds is 12. The number of benzene rings is 3. The van der Waals surface area contributed by atoms with Crippen LogP contribution in [0.15, 0.2) is 76.3 Å². The van der Waals surface area contributed by atoms with Crippen LogP contribution in [-0.2, 0) is 24.1 Å². The van der Waals surface area contributed by atoms with Crippen LogP contribution in [-0.4, -0.2) is 33.9 Å². The summed E-state index contributed by atoms with van der Waals surface area (Å²) in [6.07, 6.45) is -4.78. The SMILES string of the molecule is COc1cccc(-c2c(C)n(Cc3c(F)cccc3C(F)(F)F)c(=O)n(C[C@H](NCCCC(=O)O)c3ccccc3)c2=O)c1Cl.[H-].[Na+]. The molecule has 4 rings (SSSR count). The first-order chi connectivity index (χ1) is 21.3. The molecule has 0 spiro atoms. The van der Waals surface area contributed by atoms with E-state index in [1.165, 1.54) is 20.1 Å². The first kappa shape index (κ1) is 37.0. The number of carbonyl (C=O) groups is 1. The van der Waals surface area contributed by atoms with Gasteiger partial charge in [-0.15, -0.1) is 0 Å². The molecule has 0 bridgehead atoms. The zero-order valence-electron chi connectivity index (χ0n) is 26.3. The number of nitrogens with one attached hydrogen (secondary N) is 1. The number of hydrogen-bond acceptors (Lipinski definition) is 5. The number of methoxy groups -OCH3 is 1. The Kier molecular flexibility index (Phi) is 12.8. The third-order valence-electron chi connectivity index (χ3n) is 7.41.